The van der Waals surface area contributed by atoms with Crippen LogP contribution in [0.1, 0.15) is 45.1 Å². The summed E-state index contributed by atoms with van der Waals surface area (Å²) in [7, 11) is 0. The largest absolute Gasteiger partial charge is 0.507 e. The minimum atomic E-state index is -0.562. The van der Waals surface area contributed by atoms with Crippen molar-refractivity contribution < 1.29 is 9.90 Å². The molecule has 0 saturated carbocycles. The number of piperidine rings is 2. The van der Waals surface area contributed by atoms with Gasteiger partial charge in [-0.3, -0.25) is 4.79 Å². The van der Waals surface area contributed by atoms with Crippen LogP contribution in [0, 0.1) is 0 Å². The van der Waals surface area contributed by atoms with Gasteiger partial charge in [0, 0.05) is 30.2 Å². The molecule has 7 heteroatoms. The minimum Gasteiger partial charge on any atom is -0.507 e. The predicted octanol–water partition coefficient (Wildman–Crippen LogP) is 4.03. The van der Waals surface area contributed by atoms with Gasteiger partial charge in [0.15, 0.2) is 0 Å². The number of aromatic nitrogens is 2. The Balaban J connectivity index is 1.36. The van der Waals surface area contributed by atoms with Crippen LogP contribution in [0.25, 0.3) is 11.3 Å². The normalized spacial score (nSPS) is 21.1. The second-order valence-electron chi connectivity index (χ2n) is 10.7. The number of phenolic OH excluding ortho intramolecular Hbond substituents is 1. The average Bonchev–Trinajstić information content (AvgIpc) is 2.89. The molecule has 188 valence electrons. The van der Waals surface area contributed by atoms with Gasteiger partial charge in [-0.2, -0.15) is 10.2 Å². The fraction of sp³-hybridized carbons (Fsp3) is 0.414. The van der Waals surface area contributed by atoms with E-state index in [9.17, 15) is 9.90 Å². The summed E-state index contributed by atoms with van der Waals surface area (Å²) in [5.74, 6) is 0.322. The Kier molecular flexibility index (Phi) is 6.67. The summed E-state index contributed by atoms with van der Waals surface area (Å²) in [5.41, 5.74) is 2.79. The van der Waals surface area contributed by atoms with Crippen molar-refractivity contribution in [1.82, 2.24) is 20.8 Å². The van der Waals surface area contributed by atoms with E-state index in [0.29, 0.717) is 24.1 Å². The molecule has 7 nitrogen and oxygen atoms in total. The molecule has 2 saturated heterocycles. The first kappa shape index (κ1) is 24.3. The van der Waals surface area contributed by atoms with Crippen LogP contribution in [-0.4, -0.2) is 52.4 Å². The number of hydrogen-bond donors (Lipinski definition) is 3. The van der Waals surface area contributed by atoms with Crippen molar-refractivity contribution in [3.63, 3.8) is 0 Å². The van der Waals surface area contributed by atoms with Crippen LogP contribution < -0.4 is 15.5 Å². The first-order valence-electron chi connectivity index (χ1n) is 12.8. The number of amides is 1. The van der Waals surface area contributed by atoms with Gasteiger partial charge in [-0.05, 0) is 69.8 Å². The van der Waals surface area contributed by atoms with Gasteiger partial charge in [0.05, 0.1) is 23.0 Å². The molecule has 2 aromatic carbocycles. The third-order valence-electron chi connectivity index (χ3n) is 7.75. The van der Waals surface area contributed by atoms with Crippen LogP contribution in [0.3, 0.4) is 0 Å². The van der Waals surface area contributed by atoms with Crippen LogP contribution in [0.4, 0.5) is 5.69 Å². The molecule has 36 heavy (non-hydrogen) atoms. The number of anilines is 1. The van der Waals surface area contributed by atoms with Crippen molar-refractivity contribution >= 4 is 11.6 Å². The highest BCUT2D eigenvalue weighted by Crippen LogP contribution is 2.38. The number of carbonyl (C=O) groups is 1. The van der Waals surface area contributed by atoms with Crippen LogP contribution >= 0.6 is 0 Å². The third kappa shape index (κ3) is 4.93. The number of nitrogens with zero attached hydrogens (tertiary/aromatic N) is 3. The molecule has 0 spiro atoms. The molecule has 2 aliphatic heterocycles. The van der Waals surface area contributed by atoms with Gasteiger partial charge in [0.2, 0.25) is 5.91 Å². The highest BCUT2D eigenvalue weighted by molar-refractivity contribution is 5.89. The first-order chi connectivity index (χ1) is 17.4. The average molecular weight is 486 g/mol. The molecule has 3 heterocycles. The zero-order valence-corrected chi connectivity index (χ0v) is 21.1. The second kappa shape index (κ2) is 9.90. The summed E-state index contributed by atoms with van der Waals surface area (Å²) in [5, 5.41) is 25.7. The Morgan fingerprint density at radius 1 is 1.08 bits per heavy atom. The van der Waals surface area contributed by atoms with E-state index in [-0.39, 0.29) is 23.2 Å². The topological polar surface area (TPSA) is 90.4 Å². The minimum absolute atomic E-state index is 0.0265. The van der Waals surface area contributed by atoms with Crippen LogP contribution in [-0.2, 0) is 10.2 Å². The van der Waals surface area contributed by atoms with Crippen molar-refractivity contribution in [1.29, 1.82) is 0 Å². The lowest BCUT2D eigenvalue weighted by Gasteiger charge is -2.44. The number of rotatable bonds is 5. The van der Waals surface area contributed by atoms with E-state index in [2.05, 4.69) is 51.7 Å². The Hall–Kier alpha value is -3.45. The number of aromatic hydroxyl groups is 1. The maximum atomic E-state index is 13.9. The van der Waals surface area contributed by atoms with Crippen molar-refractivity contribution in [2.75, 3.05) is 24.5 Å². The molecule has 0 bridgehead atoms. The monoisotopic (exact) mass is 485 g/mol. The van der Waals surface area contributed by atoms with Gasteiger partial charge in [-0.25, -0.2) is 0 Å². The van der Waals surface area contributed by atoms with E-state index in [0.717, 1.165) is 43.7 Å². The standard InChI is InChI=1S/C29H35N5O2/c1-28(2)19-22(12-15-30-28)32-27(36)29(21-8-4-3-5-9-21)13-16-34(17-14-29)23-18-25(33-31-20-23)24-10-6-7-11-26(24)35/h3-11,18,20,22,30,35H,12-17,19H2,1-2H3,(H,32,36). The maximum absolute atomic E-state index is 13.9. The molecule has 0 radical (unpaired) electrons. The molecule has 1 atom stereocenters. The molecule has 1 amide bonds. The summed E-state index contributed by atoms with van der Waals surface area (Å²) in [6.45, 7) is 6.77. The van der Waals surface area contributed by atoms with Gasteiger partial charge < -0.3 is 20.6 Å². The van der Waals surface area contributed by atoms with Gasteiger partial charge in [0.1, 0.15) is 5.75 Å². The van der Waals surface area contributed by atoms with Crippen LogP contribution in [0.15, 0.2) is 66.9 Å². The van der Waals surface area contributed by atoms with Crippen molar-refractivity contribution in [3.8, 4) is 17.0 Å². The van der Waals surface area contributed by atoms with E-state index >= 15 is 0 Å². The molecular formula is C29H35N5O2. The quantitative estimate of drug-likeness (QED) is 0.506. The Morgan fingerprint density at radius 2 is 1.81 bits per heavy atom. The van der Waals surface area contributed by atoms with Gasteiger partial charge in [-0.1, -0.05) is 42.5 Å². The summed E-state index contributed by atoms with van der Waals surface area (Å²) in [4.78, 5) is 16.2. The van der Waals surface area contributed by atoms with E-state index in [1.54, 1.807) is 18.3 Å². The Morgan fingerprint density at radius 3 is 2.53 bits per heavy atom. The fourth-order valence-corrected chi connectivity index (χ4v) is 5.72. The number of carbonyl (C=O) groups excluding carboxylic acids is 1. The second-order valence-corrected chi connectivity index (χ2v) is 10.7. The van der Waals surface area contributed by atoms with Crippen molar-refractivity contribution in [2.24, 2.45) is 0 Å². The fourth-order valence-electron chi connectivity index (χ4n) is 5.72. The molecule has 3 aromatic rings. The molecule has 1 unspecified atom stereocenters. The number of hydrogen-bond acceptors (Lipinski definition) is 6. The lowest BCUT2D eigenvalue weighted by atomic mass is 9.71. The van der Waals surface area contributed by atoms with E-state index in [4.69, 9.17) is 0 Å². The maximum Gasteiger partial charge on any atom is 0.231 e. The zero-order valence-electron chi connectivity index (χ0n) is 21.1. The predicted molar refractivity (Wildman–Crippen MR) is 142 cm³/mol. The number of para-hydroxylation sites is 1. The Bertz CT molecular complexity index is 1210. The Labute approximate surface area is 213 Å². The number of phenols is 1. The van der Waals surface area contributed by atoms with Gasteiger partial charge in [0.25, 0.3) is 0 Å². The highest BCUT2D eigenvalue weighted by atomic mass is 16.3. The SMILES string of the molecule is CC1(C)CC(NC(=O)C2(c3ccccc3)CCN(c3cnnc(-c4ccccc4O)c3)CC2)CCN1. The molecule has 2 fully saturated rings. The highest BCUT2D eigenvalue weighted by Gasteiger charge is 2.44. The summed E-state index contributed by atoms with van der Waals surface area (Å²) in [6.07, 6.45) is 5.06. The van der Waals surface area contributed by atoms with E-state index < -0.39 is 5.41 Å². The first-order valence-corrected chi connectivity index (χ1v) is 12.8. The lowest BCUT2D eigenvalue weighted by Crippen LogP contribution is -2.58. The van der Waals surface area contributed by atoms with Crippen molar-refractivity contribution in [2.45, 2.75) is 56.5 Å². The number of benzene rings is 2. The van der Waals surface area contributed by atoms with E-state index in [1.165, 1.54) is 0 Å². The van der Waals surface area contributed by atoms with E-state index in [1.807, 2.05) is 36.4 Å². The van der Waals surface area contributed by atoms with Gasteiger partial charge >= 0.3 is 0 Å². The summed E-state index contributed by atoms with van der Waals surface area (Å²) < 4.78 is 0. The summed E-state index contributed by atoms with van der Waals surface area (Å²) in [6, 6.07) is 19.5. The van der Waals surface area contributed by atoms with Crippen LogP contribution in [0.5, 0.6) is 5.75 Å². The molecule has 3 N–H and O–H groups in total. The molecule has 1 aromatic heterocycles. The number of nitrogens with one attached hydrogen (secondary N) is 2. The van der Waals surface area contributed by atoms with Crippen molar-refractivity contribution in [3.05, 3.63) is 72.4 Å². The molecule has 0 aliphatic carbocycles. The molecular weight excluding hydrogens is 450 g/mol. The zero-order chi connectivity index (χ0) is 25.2. The molecule has 5 rings (SSSR count). The molecule has 2 aliphatic rings. The summed E-state index contributed by atoms with van der Waals surface area (Å²) >= 11 is 0. The van der Waals surface area contributed by atoms with Crippen LogP contribution in [0.2, 0.25) is 0 Å². The smallest absolute Gasteiger partial charge is 0.231 e. The lowest BCUT2D eigenvalue weighted by molar-refractivity contribution is -0.128. The third-order valence-corrected chi connectivity index (χ3v) is 7.75. The van der Waals surface area contributed by atoms with Gasteiger partial charge in [-0.15, -0.1) is 0 Å².